The van der Waals surface area contributed by atoms with Crippen LogP contribution in [0.15, 0.2) is 18.2 Å². The summed E-state index contributed by atoms with van der Waals surface area (Å²) in [7, 11) is 2.88. The molecule has 0 heterocycles. The normalized spacial score (nSPS) is 13.1. The lowest BCUT2D eigenvalue weighted by Gasteiger charge is -2.16. The Morgan fingerprint density at radius 1 is 1.33 bits per heavy atom. The highest BCUT2D eigenvalue weighted by Gasteiger charge is 2.24. The highest BCUT2D eigenvalue weighted by atomic mass is 16.5. The number of phenols is 1. The smallest absolute Gasteiger partial charge is 0.342 e. The molecule has 1 saturated carbocycles. The number of hydrogen-bond donors (Lipinski definition) is 2. The number of rotatable bonds is 7. The highest BCUT2D eigenvalue weighted by Crippen LogP contribution is 2.24. The number of carbonyl (C=O) groups is 3. The van der Waals surface area contributed by atoms with Gasteiger partial charge in [0.25, 0.3) is 5.91 Å². The summed E-state index contributed by atoms with van der Waals surface area (Å²) in [4.78, 5) is 36.6. The van der Waals surface area contributed by atoms with E-state index < -0.39 is 18.5 Å². The standard InChI is InChI=1S/C16H20N2O6/c1-18(8-14(20)17-10-3-4-10)15(21)9-24-16(22)12-6-5-11(23-2)7-13(12)19/h5-7,10,19H,3-4,8-9H2,1-2H3,(H,17,20). The first-order valence-electron chi connectivity index (χ1n) is 7.48. The number of phenolic OH excluding ortho intramolecular Hbond substituents is 1. The van der Waals surface area contributed by atoms with Crippen LogP contribution in [-0.4, -0.2) is 61.1 Å². The lowest BCUT2D eigenvalue weighted by molar-refractivity contribution is -0.137. The Morgan fingerprint density at radius 3 is 2.62 bits per heavy atom. The second-order valence-corrected chi connectivity index (χ2v) is 5.55. The van der Waals surface area contributed by atoms with Crippen molar-refractivity contribution in [1.29, 1.82) is 0 Å². The molecule has 8 nitrogen and oxygen atoms in total. The second kappa shape index (κ2) is 7.67. The maximum Gasteiger partial charge on any atom is 0.342 e. The molecule has 0 radical (unpaired) electrons. The lowest BCUT2D eigenvalue weighted by atomic mass is 10.2. The van der Waals surface area contributed by atoms with Crippen LogP contribution in [0.25, 0.3) is 0 Å². The van der Waals surface area contributed by atoms with Gasteiger partial charge in [0.05, 0.1) is 13.7 Å². The van der Waals surface area contributed by atoms with E-state index in [0.717, 1.165) is 12.8 Å². The van der Waals surface area contributed by atoms with Gasteiger partial charge in [0.15, 0.2) is 6.61 Å². The Morgan fingerprint density at radius 2 is 2.04 bits per heavy atom. The summed E-state index contributed by atoms with van der Waals surface area (Å²) in [6, 6.07) is 4.32. The summed E-state index contributed by atoms with van der Waals surface area (Å²) in [5.74, 6) is -1.50. The zero-order chi connectivity index (χ0) is 17.7. The van der Waals surface area contributed by atoms with Crippen LogP contribution in [0.3, 0.4) is 0 Å². The number of nitrogens with one attached hydrogen (secondary N) is 1. The van der Waals surface area contributed by atoms with E-state index in [0.29, 0.717) is 5.75 Å². The first-order valence-corrected chi connectivity index (χ1v) is 7.48. The number of benzene rings is 1. The fourth-order valence-corrected chi connectivity index (χ4v) is 1.93. The van der Waals surface area contributed by atoms with Crippen LogP contribution in [0.5, 0.6) is 11.5 Å². The van der Waals surface area contributed by atoms with Crippen molar-refractivity contribution in [3.8, 4) is 11.5 Å². The zero-order valence-electron chi connectivity index (χ0n) is 13.6. The van der Waals surface area contributed by atoms with Gasteiger partial charge in [-0.2, -0.15) is 0 Å². The third-order valence-corrected chi connectivity index (χ3v) is 3.50. The molecule has 24 heavy (non-hydrogen) atoms. The van der Waals surface area contributed by atoms with Gasteiger partial charge in [0, 0.05) is 19.2 Å². The molecule has 0 spiro atoms. The molecular formula is C16H20N2O6. The number of nitrogens with zero attached hydrogens (tertiary/aromatic N) is 1. The number of amides is 2. The van der Waals surface area contributed by atoms with Crippen molar-refractivity contribution in [1.82, 2.24) is 10.2 Å². The van der Waals surface area contributed by atoms with Gasteiger partial charge in [-0.25, -0.2) is 4.79 Å². The molecule has 1 aliphatic rings. The second-order valence-electron chi connectivity index (χ2n) is 5.55. The van der Waals surface area contributed by atoms with E-state index in [9.17, 15) is 19.5 Å². The number of carbonyl (C=O) groups excluding carboxylic acids is 3. The van der Waals surface area contributed by atoms with Gasteiger partial charge in [-0.3, -0.25) is 9.59 Å². The van der Waals surface area contributed by atoms with Gasteiger partial charge in [0.2, 0.25) is 5.91 Å². The highest BCUT2D eigenvalue weighted by molar-refractivity contribution is 5.94. The Kier molecular flexibility index (Phi) is 5.62. The van der Waals surface area contributed by atoms with Crippen molar-refractivity contribution in [2.24, 2.45) is 0 Å². The molecule has 0 aliphatic heterocycles. The predicted molar refractivity (Wildman–Crippen MR) is 83.7 cm³/mol. The largest absolute Gasteiger partial charge is 0.507 e. The quantitative estimate of drug-likeness (QED) is 0.694. The van der Waals surface area contributed by atoms with E-state index in [2.05, 4.69) is 5.32 Å². The molecule has 130 valence electrons. The molecular weight excluding hydrogens is 316 g/mol. The fourth-order valence-electron chi connectivity index (χ4n) is 1.93. The third-order valence-electron chi connectivity index (χ3n) is 3.50. The number of aromatic hydroxyl groups is 1. The van der Waals surface area contributed by atoms with Crippen LogP contribution >= 0.6 is 0 Å². The maximum absolute atomic E-state index is 11.9. The minimum atomic E-state index is -0.834. The summed E-state index contributed by atoms with van der Waals surface area (Å²) in [6.45, 7) is -0.613. The molecule has 0 unspecified atom stereocenters. The summed E-state index contributed by atoms with van der Waals surface area (Å²) in [5, 5.41) is 12.5. The predicted octanol–water partition coefficient (Wildman–Crippen LogP) is 0.295. The minimum absolute atomic E-state index is 0.0715. The van der Waals surface area contributed by atoms with Crippen LogP contribution in [0.2, 0.25) is 0 Å². The van der Waals surface area contributed by atoms with Gasteiger partial charge < -0.3 is 24.8 Å². The summed E-state index contributed by atoms with van der Waals surface area (Å²) in [5.41, 5.74) is -0.0715. The summed E-state index contributed by atoms with van der Waals surface area (Å²) in [6.07, 6.45) is 1.93. The molecule has 1 aliphatic carbocycles. The van der Waals surface area contributed by atoms with E-state index in [1.165, 1.54) is 37.3 Å². The summed E-state index contributed by atoms with van der Waals surface area (Å²) >= 11 is 0. The van der Waals surface area contributed by atoms with Crippen LogP contribution in [-0.2, 0) is 14.3 Å². The molecule has 2 N–H and O–H groups in total. The van der Waals surface area contributed by atoms with Crippen molar-refractivity contribution in [2.45, 2.75) is 18.9 Å². The maximum atomic E-state index is 11.9. The third kappa shape index (κ3) is 4.87. The molecule has 8 heteroatoms. The van der Waals surface area contributed by atoms with Crippen LogP contribution in [0.1, 0.15) is 23.2 Å². The van der Waals surface area contributed by atoms with E-state index >= 15 is 0 Å². The van der Waals surface area contributed by atoms with Gasteiger partial charge in [-0.05, 0) is 25.0 Å². The lowest BCUT2D eigenvalue weighted by Crippen LogP contribution is -2.40. The average molecular weight is 336 g/mol. The van der Waals surface area contributed by atoms with Crippen molar-refractivity contribution in [3.05, 3.63) is 23.8 Å². The van der Waals surface area contributed by atoms with Gasteiger partial charge in [0.1, 0.15) is 17.1 Å². The van der Waals surface area contributed by atoms with Crippen molar-refractivity contribution >= 4 is 17.8 Å². The van der Waals surface area contributed by atoms with Crippen LogP contribution in [0, 0.1) is 0 Å². The number of hydrogen-bond acceptors (Lipinski definition) is 6. The summed E-state index contributed by atoms with van der Waals surface area (Å²) < 4.78 is 9.80. The van der Waals surface area contributed by atoms with Gasteiger partial charge in [-0.1, -0.05) is 0 Å². The molecule has 1 aromatic carbocycles. The van der Waals surface area contributed by atoms with E-state index in [-0.39, 0.29) is 29.8 Å². The number of methoxy groups -OCH3 is 1. The van der Waals surface area contributed by atoms with E-state index in [1.807, 2.05) is 0 Å². The van der Waals surface area contributed by atoms with E-state index in [1.54, 1.807) is 0 Å². The van der Waals surface area contributed by atoms with Crippen LogP contribution < -0.4 is 10.1 Å². The average Bonchev–Trinajstić information content (AvgIpc) is 3.35. The Labute approximate surface area is 139 Å². The molecule has 0 aromatic heterocycles. The number of esters is 1. The van der Waals surface area contributed by atoms with Gasteiger partial charge >= 0.3 is 5.97 Å². The SMILES string of the molecule is COc1ccc(C(=O)OCC(=O)N(C)CC(=O)NC2CC2)c(O)c1. The zero-order valence-corrected chi connectivity index (χ0v) is 13.6. The minimum Gasteiger partial charge on any atom is -0.507 e. The first-order chi connectivity index (χ1) is 11.4. The molecule has 2 rings (SSSR count). The molecule has 2 amide bonds. The van der Waals surface area contributed by atoms with Crippen molar-refractivity contribution in [2.75, 3.05) is 27.3 Å². The Hall–Kier alpha value is -2.77. The number of ether oxygens (including phenoxy) is 2. The Bertz CT molecular complexity index is 641. The van der Waals surface area contributed by atoms with Crippen LogP contribution in [0.4, 0.5) is 0 Å². The monoisotopic (exact) mass is 336 g/mol. The molecule has 1 aromatic rings. The van der Waals surface area contributed by atoms with Crippen molar-refractivity contribution in [3.63, 3.8) is 0 Å². The van der Waals surface area contributed by atoms with E-state index in [4.69, 9.17) is 9.47 Å². The van der Waals surface area contributed by atoms with Crippen molar-refractivity contribution < 1.29 is 29.0 Å². The fraction of sp³-hybridized carbons (Fsp3) is 0.438. The first kappa shape index (κ1) is 17.6. The molecule has 0 saturated heterocycles. The number of likely N-dealkylation sites (N-methyl/N-ethyl adjacent to an activating group) is 1. The van der Waals surface area contributed by atoms with Gasteiger partial charge in [-0.15, -0.1) is 0 Å². The Balaban J connectivity index is 1.81. The topological polar surface area (TPSA) is 105 Å². The molecule has 0 atom stereocenters. The molecule has 1 fully saturated rings. The molecule has 0 bridgehead atoms.